The molecule has 0 unspecified atom stereocenters. The number of aromatic amines is 1. The number of rotatable bonds is 2. The second-order valence-corrected chi connectivity index (χ2v) is 2.82. The van der Waals surface area contributed by atoms with E-state index in [2.05, 4.69) is 4.98 Å². The summed E-state index contributed by atoms with van der Waals surface area (Å²) in [7, 11) is 0. The monoisotopic (exact) mass is 192 g/mol. The number of hydrogen-bond donors (Lipinski definition) is 2. The van der Waals surface area contributed by atoms with Crippen molar-refractivity contribution in [3.8, 4) is 0 Å². The zero-order valence-electron chi connectivity index (χ0n) is 7.15. The molecule has 1 aromatic heterocycles. The van der Waals surface area contributed by atoms with Gasteiger partial charge in [-0.3, -0.25) is 0 Å². The van der Waals surface area contributed by atoms with Crippen LogP contribution >= 0.6 is 0 Å². The Balaban J connectivity index is 3.03. The van der Waals surface area contributed by atoms with Crippen molar-refractivity contribution in [2.75, 3.05) is 0 Å². The van der Waals surface area contributed by atoms with E-state index in [9.17, 15) is 13.2 Å². The van der Waals surface area contributed by atoms with Crippen LogP contribution in [0.5, 0.6) is 0 Å². The lowest BCUT2D eigenvalue weighted by molar-refractivity contribution is -0.141. The predicted octanol–water partition coefficient (Wildman–Crippen LogP) is 2.44. The van der Waals surface area contributed by atoms with Gasteiger partial charge in [-0.1, -0.05) is 6.92 Å². The Bertz CT molecular complexity index is 277. The molecule has 74 valence electrons. The van der Waals surface area contributed by atoms with Gasteiger partial charge in [0.05, 0.1) is 0 Å². The Labute approximate surface area is 73.9 Å². The van der Waals surface area contributed by atoms with Crippen molar-refractivity contribution in [3.63, 3.8) is 0 Å². The number of halogens is 3. The van der Waals surface area contributed by atoms with E-state index in [1.54, 1.807) is 6.92 Å². The van der Waals surface area contributed by atoms with Crippen LogP contribution in [0.1, 0.15) is 30.6 Å². The Morgan fingerprint density at radius 3 is 2.62 bits per heavy atom. The zero-order valence-corrected chi connectivity index (χ0v) is 7.15. The van der Waals surface area contributed by atoms with E-state index in [0.29, 0.717) is 6.42 Å². The maximum absolute atomic E-state index is 12.3. The van der Waals surface area contributed by atoms with Gasteiger partial charge in [0.1, 0.15) is 5.69 Å². The topological polar surface area (TPSA) is 41.8 Å². The first kappa shape index (κ1) is 10.1. The van der Waals surface area contributed by atoms with Gasteiger partial charge in [-0.05, 0) is 18.1 Å². The first-order valence-corrected chi connectivity index (χ1v) is 3.96. The highest BCUT2D eigenvalue weighted by Crippen LogP contribution is 2.33. The van der Waals surface area contributed by atoms with Gasteiger partial charge in [0.15, 0.2) is 0 Å². The van der Waals surface area contributed by atoms with Crippen LogP contribution in [0.2, 0.25) is 0 Å². The maximum Gasteiger partial charge on any atom is 0.431 e. The van der Waals surface area contributed by atoms with Crippen molar-refractivity contribution in [1.29, 1.82) is 0 Å². The van der Waals surface area contributed by atoms with Gasteiger partial charge in [-0.2, -0.15) is 13.2 Å². The van der Waals surface area contributed by atoms with Gasteiger partial charge < -0.3 is 10.7 Å². The molecular weight excluding hydrogens is 181 g/mol. The first-order valence-electron chi connectivity index (χ1n) is 3.96. The van der Waals surface area contributed by atoms with Crippen LogP contribution in [0.4, 0.5) is 13.2 Å². The summed E-state index contributed by atoms with van der Waals surface area (Å²) in [4.78, 5) is 2.16. The number of hydrogen-bond acceptors (Lipinski definition) is 1. The van der Waals surface area contributed by atoms with E-state index >= 15 is 0 Å². The Kier molecular flexibility index (Phi) is 2.66. The Morgan fingerprint density at radius 1 is 1.54 bits per heavy atom. The second-order valence-electron chi connectivity index (χ2n) is 2.82. The van der Waals surface area contributed by atoms with Crippen LogP contribution in [0, 0.1) is 0 Å². The molecule has 1 rings (SSSR count). The number of aromatic nitrogens is 1. The van der Waals surface area contributed by atoms with Crippen molar-refractivity contribution in [3.05, 3.63) is 23.5 Å². The van der Waals surface area contributed by atoms with Crippen LogP contribution < -0.4 is 5.73 Å². The largest absolute Gasteiger partial charge is 0.431 e. The highest BCUT2D eigenvalue weighted by atomic mass is 19.4. The van der Waals surface area contributed by atoms with E-state index in [1.165, 1.54) is 12.3 Å². The molecule has 0 aliphatic heterocycles. The molecule has 2 nitrogen and oxygen atoms in total. The Morgan fingerprint density at radius 2 is 2.15 bits per heavy atom. The molecule has 1 heterocycles. The average Bonchev–Trinajstić information content (AvgIpc) is 2.49. The molecule has 0 fully saturated rings. The summed E-state index contributed by atoms with van der Waals surface area (Å²) in [5.74, 6) is 0. The number of nitrogens with two attached hydrogens (primary N) is 1. The standard InChI is InChI=1S/C8H11F3N2/c1-2-6(12)5-3-4-13-7(5)8(9,10)11/h3-4,6,13H,2,12H2,1H3/t6-/m1/s1. The lowest BCUT2D eigenvalue weighted by Gasteiger charge is -2.12. The molecule has 5 heteroatoms. The molecule has 0 aliphatic carbocycles. The van der Waals surface area contributed by atoms with Crippen LogP contribution in [0.3, 0.4) is 0 Å². The van der Waals surface area contributed by atoms with E-state index in [4.69, 9.17) is 5.73 Å². The molecule has 13 heavy (non-hydrogen) atoms. The van der Waals surface area contributed by atoms with E-state index in [-0.39, 0.29) is 5.56 Å². The normalized spacial score (nSPS) is 14.5. The quantitative estimate of drug-likeness (QED) is 0.742. The van der Waals surface area contributed by atoms with Crippen LogP contribution in [0.15, 0.2) is 12.3 Å². The first-order chi connectivity index (χ1) is 5.96. The summed E-state index contributed by atoms with van der Waals surface area (Å²) in [6, 6.07) is 0.819. The molecule has 0 aliphatic rings. The number of alkyl halides is 3. The zero-order chi connectivity index (χ0) is 10.1. The molecular formula is C8H11F3N2. The van der Waals surface area contributed by atoms with Gasteiger partial charge in [0.2, 0.25) is 0 Å². The number of nitrogens with one attached hydrogen (secondary N) is 1. The molecule has 0 saturated carbocycles. The van der Waals surface area contributed by atoms with Crippen LogP contribution in [-0.4, -0.2) is 4.98 Å². The third-order valence-corrected chi connectivity index (χ3v) is 1.90. The fourth-order valence-electron chi connectivity index (χ4n) is 1.16. The summed E-state index contributed by atoms with van der Waals surface area (Å²) in [6.45, 7) is 1.75. The lowest BCUT2D eigenvalue weighted by atomic mass is 10.1. The van der Waals surface area contributed by atoms with Crippen molar-refractivity contribution in [2.45, 2.75) is 25.6 Å². The van der Waals surface area contributed by atoms with Gasteiger partial charge in [0, 0.05) is 12.2 Å². The second kappa shape index (κ2) is 3.41. The minimum absolute atomic E-state index is 0.134. The SMILES string of the molecule is CC[C@@H](N)c1cc[nH]c1C(F)(F)F. The van der Waals surface area contributed by atoms with Crippen LogP contribution in [0.25, 0.3) is 0 Å². The Hall–Kier alpha value is -0.970. The molecule has 0 spiro atoms. The van der Waals surface area contributed by atoms with Crippen LogP contribution in [-0.2, 0) is 6.18 Å². The lowest BCUT2D eigenvalue weighted by Crippen LogP contribution is -2.15. The predicted molar refractivity (Wildman–Crippen MR) is 43.0 cm³/mol. The molecule has 3 N–H and O–H groups in total. The smallest absolute Gasteiger partial charge is 0.357 e. The van der Waals surface area contributed by atoms with Crippen molar-refractivity contribution in [1.82, 2.24) is 4.98 Å². The van der Waals surface area contributed by atoms with E-state index < -0.39 is 17.9 Å². The third kappa shape index (κ3) is 2.03. The third-order valence-electron chi connectivity index (χ3n) is 1.90. The van der Waals surface area contributed by atoms with E-state index in [1.807, 2.05) is 0 Å². The molecule has 0 aromatic carbocycles. The van der Waals surface area contributed by atoms with Crippen molar-refractivity contribution in [2.24, 2.45) is 5.73 Å². The fraction of sp³-hybridized carbons (Fsp3) is 0.500. The molecule has 0 amide bonds. The fourth-order valence-corrected chi connectivity index (χ4v) is 1.16. The van der Waals surface area contributed by atoms with Crippen molar-refractivity contribution >= 4 is 0 Å². The molecule has 0 radical (unpaired) electrons. The summed E-state index contributed by atoms with van der Waals surface area (Å²) < 4.78 is 36.9. The van der Waals surface area contributed by atoms with Crippen molar-refractivity contribution < 1.29 is 13.2 Å². The molecule has 0 saturated heterocycles. The number of H-pyrrole nitrogens is 1. The highest BCUT2D eigenvalue weighted by molar-refractivity contribution is 5.26. The van der Waals surface area contributed by atoms with Gasteiger partial charge in [-0.25, -0.2) is 0 Å². The minimum atomic E-state index is -4.34. The maximum atomic E-state index is 12.3. The summed E-state index contributed by atoms with van der Waals surface area (Å²) in [6.07, 6.45) is -2.60. The van der Waals surface area contributed by atoms with Gasteiger partial charge >= 0.3 is 6.18 Å². The molecule has 1 aromatic rings. The minimum Gasteiger partial charge on any atom is -0.357 e. The van der Waals surface area contributed by atoms with E-state index in [0.717, 1.165) is 0 Å². The van der Waals surface area contributed by atoms with Gasteiger partial charge in [-0.15, -0.1) is 0 Å². The summed E-state index contributed by atoms with van der Waals surface area (Å²) in [5, 5.41) is 0. The molecule has 0 bridgehead atoms. The highest BCUT2D eigenvalue weighted by Gasteiger charge is 2.35. The molecule has 1 atom stereocenters. The summed E-state index contributed by atoms with van der Waals surface area (Å²) >= 11 is 0. The van der Waals surface area contributed by atoms with Gasteiger partial charge in [0.25, 0.3) is 0 Å². The average molecular weight is 192 g/mol. The summed E-state index contributed by atoms with van der Waals surface area (Å²) in [5.41, 5.74) is 4.92.